The summed E-state index contributed by atoms with van der Waals surface area (Å²) in [7, 11) is 0. The number of likely N-dealkylation sites (tertiary alicyclic amines) is 1. The Bertz CT molecular complexity index is 1090. The Hall–Kier alpha value is -3.61. The average molecular weight is 415 g/mol. The normalized spacial score (nSPS) is 16.2. The van der Waals surface area contributed by atoms with Crippen molar-refractivity contribution in [2.75, 3.05) is 25.0 Å². The van der Waals surface area contributed by atoms with E-state index >= 15 is 0 Å². The summed E-state index contributed by atoms with van der Waals surface area (Å²) in [6.45, 7) is 2.03. The summed E-state index contributed by atoms with van der Waals surface area (Å²) in [5.41, 5.74) is 4.83. The number of para-hydroxylation sites is 1. The van der Waals surface area contributed by atoms with E-state index in [4.69, 9.17) is 0 Å². The van der Waals surface area contributed by atoms with Gasteiger partial charge >= 0.3 is 6.03 Å². The van der Waals surface area contributed by atoms with Crippen molar-refractivity contribution in [2.45, 2.75) is 25.8 Å². The van der Waals surface area contributed by atoms with Crippen molar-refractivity contribution in [3.63, 3.8) is 0 Å². The van der Waals surface area contributed by atoms with Gasteiger partial charge in [0.05, 0.1) is 30.0 Å². The van der Waals surface area contributed by atoms with Gasteiger partial charge in [-0.3, -0.25) is 9.78 Å². The Labute approximate surface area is 181 Å². The van der Waals surface area contributed by atoms with E-state index < -0.39 is 0 Å². The van der Waals surface area contributed by atoms with Crippen LogP contribution in [-0.2, 0) is 6.54 Å². The topological polar surface area (TPSA) is 81.3 Å². The van der Waals surface area contributed by atoms with Crippen molar-refractivity contribution in [1.82, 2.24) is 19.8 Å². The number of nitrogens with one attached hydrogen (secondary N) is 2. The molecular weight excluding hydrogens is 390 g/mol. The number of piperidine rings is 1. The first-order valence-corrected chi connectivity index (χ1v) is 10.7. The lowest BCUT2D eigenvalue weighted by Crippen LogP contribution is -2.48. The number of Topliss-reactive ketones (excluding diaryl/α,β-unsaturated/α-hetero) is 1. The maximum absolute atomic E-state index is 13.3. The van der Waals surface area contributed by atoms with Crippen LogP contribution in [0, 0.1) is 0 Å². The summed E-state index contributed by atoms with van der Waals surface area (Å²) < 4.78 is 0. The Morgan fingerprint density at radius 3 is 2.42 bits per heavy atom. The highest BCUT2D eigenvalue weighted by molar-refractivity contribution is 6.09. The van der Waals surface area contributed by atoms with Crippen molar-refractivity contribution < 1.29 is 9.59 Å². The van der Waals surface area contributed by atoms with Gasteiger partial charge in [-0.1, -0.05) is 18.2 Å². The Morgan fingerprint density at radius 2 is 1.68 bits per heavy atom. The summed E-state index contributed by atoms with van der Waals surface area (Å²) in [5.74, 6) is -0.0541. The molecule has 7 nitrogen and oxygen atoms in total. The maximum Gasteiger partial charge on any atom is 0.320 e. The number of aromatic nitrogens is 2. The van der Waals surface area contributed by atoms with Crippen LogP contribution in [0.2, 0.25) is 0 Å². The first-order chi connectivity index (χ1) is 15.2. The van der Waals surface area contributed by atoms with Gasteiger partial charge in [0.2, 0.25) is 0 Å². The zero-order valence-corrected chi connectivity index (χ0v) is 17.3. The van der Waals surface area contributed by atoms with Gasteiger partial charge in [0.15, 0.2) is 5.78 Å². The molecule has 0 saturated carbocycles. The van der Waals surface area contributed by atoms with Crippen molar-refractivity contribution in [2.24, 2.45) is 0 Å². The van der Waals surface area contributed by atoms with E-state index in [9.17, 15) is 9.59 Å². The number of carbonyl (C=O) groups is 2. The lowest BCUT2D eigenvalue weighted by atomic mass is 10.0. The molecule has 31 heavy (non-hydrogen) atoms. The minimum atomic E-state index is -0.0541. The van der Waals surface area contributed by atoms with Crippen LogP contribution in [0.25, 0.3) is 11.3 Å². The highest BCUT2D eigenvalue weighted by atomic mass is 16.2. The molecule has 2 N–H and O–H groups in total. The Morgan fingerprint density at radius 1 is 0.935 bits per heavy atom. The van der Waals surface area contributed by atoms with Gasteiger partial charge in [0.1, 0.15) is 0 Å². The summed E-state index contributed by atoms with van der Waals surface area (Å²) in [6.07, 6.45) is 6.68. The number of nitrogens with zero attached hydrogens (tertiary/aromatic N) is 3. The van der Waals surface area contributed by atoms with E-state index in [1.54, 1.807) is 17.3 Å². The molecule has 0 unspecified atom stereocenters. The van der Waals surface area contributed by atoms with Crippen LogP contribution in [0.1, 0.15) is 35.3 Å². The third-order valence-electron chi connectivity index (χ3n) is 5.95. The van der Waals surface area contributed by atoms with Crippen LogP contribution in [-0.4, -0.2) is 51.2 Å². The second-order valence-electron chi connectivity index (χ2n) is 8.06. The van der Waals surface area contributed by atoms with Gasteiger partial charge in [-0.2, -0.15) is 0 Å². The number of hydrogen-bond donors (Lipinski definition) is 2. The smallest absolute Gasteiger partial charge is 0.320 e. The zero-order chi connectivity index (χ0) is 21.2. The number of urea groups is 1. The zero-order valence-electron chi connectivity index (χ0n) is 17.3. The second-order valence-corrected chi connectivity index (χ2v) is 8.06. The fourth-order valence-electron chi connectivity index (χ4n) is 4.42. The number of rotatable bonds is 3. The lowest BCUT2D eigenvalue weighted by molar-refractivity contribution is 0.0881. The van der Waals surface area contributed by atoms with Gasteiger partial charge in [0, 0.05) is 42.4 Å². The first-order valence-electron chi connectivity index (χ1n) is 10.7. The minimum absolute atomic E-state index is 0.0451. The molecule has 5 rings (SSSR count). The average Bonchev–Trinajstić information content (AvgIpc) is 3.19. The summed E-state index contributed by atoms with van der Waals surface area (Å²) >= 11 is 0. The number of pyridine rings is 1. The highest BCUT2D eigenvalue weighted by Crippen LogP contribution is 2.38. The second kappa shape index (κ2) is 8.26. The van der Waals surface area contributed by atoms with Crippen LogP contribution < -0.4 is 5.32 Å². The van der Waals surface area contributed by atoms with Crippen molar-refractivity contribution in [3.05, 3.63) is 66.1 Å². The fraction of sp³-hybridized carbons (Fsp3) is 0.292. The van der Waals surface area contributed by atoms with Crippen LogP contribution in [0.4, 0.5) is 16.2 Å². The molecule has 158 valence electrons. The standard InChI is InChI=1S/C24H25N5O2/c30-20-16-29(24(31)28-13-5-2-6-14-28)15-19-21(20)23(26-18-7-3-1-4-8-18)22(27-19)17-9-11-25-12-10-17/h1,3-4,7-12,26-27H,2,5-6,13-16H2. The molecule has 2 aliphatic heterocycles. The van der Waals surface area contributed by atoms with Crippen LogP contribution in [0.15, 0.2) is 54.9 Å². The molecule has 3 aromatic rings. The molecule has 0 radical (unpaired) electrons. The SMILES string of the molecule is O=C1CN(C(=O)N2CCCCC2)Cc2[nH]c(-c3ccncc3)c(Nc3ccccc3)c21. The number of fused-ring (bicyclic) bond motifs is 1. The predicted octanol–water partition coefficient (Wildman–Crippen LogP) is 4.42. The van der Waals surface area contributed by atoms with Gasteiger partial charge in [0.25, 0.3) is 0 Å². The fourth-order valence-corrected chi connectivity index (χ4v) is 4.42. The molecule has 0 bridgehead atoms. The van der Waals surface area contributed by atoms with Gasteiger partial charge in [-0.25, -0.2) is 4.79 Å². The quantitative estimate of drug-likeness (QED) is 0.663. The van der Waals surface area contributed by atoms with Crippen molar-refractivity contribution in [3.8, 4) is 11.3 Å². The number of H-pyrrole nitrogens is 1. The number of amides is 2. The summed E-state index contributed by atoms with van der Waals surface area (Å²) in [5, 5.41) is 3.43. The Balaban J connectivity index is 1.52. The van der Waals surface area contributed by atoms with Crippen molar-refractivity contribution in [1.29, 1.82) is 0 Å². The van der Waals surface area contributed by atoms with E-state index in [0.717, 1.165) is 60.7 Å². The largest absolute Gasteiger partial charge is 0.355 e. The molecule has 0 aliphatic carbocycles. The Kier molecular flexibility index (Phi) is 5.16. The number of aromatic amines is 1. The summed E-state index contributed by atoms with van der Waals surface area (Å²) in [4.78, 5) is 37.4. The van der Waals surface area contributed by atoms with Gasteiger partial charge in [-0.15, -0.1) is 0 Å². The molecule has 1 aromatic carbocycles. The molecule has 1 saturated heterocycles. The third-order valence-corrected chi connectivity index (χ3v) is 5.95. The predicted molar refractivity (Wildman–Crippen MR) is 119 cm³/mol. The van der Waals surface area contributed by atoms with E-state index in [1.165, 1.54) is 0 Å². The van der Waals surface area contributed by atoms with E-state index in [2.05, 4.69) is 15.3 Å². The maximum atomic E-state index is 13.3. The number of ketones is 1. The lowest BCUT2D eigenvalue weighted by Gasteiger charge is -2.34. The van der Waals surface area contributed by atoms with E-state index in [0.29, 0.717) is 12.1 Å². The van der Waals surface area contributed by atoms with Crippen LogP contribution >= 0.6 is 0 Å². The number of hydrogen-bond acceptors (Lipinski definition) is 4. The van der Waals surface area contributed by atoms with E-state index in [1.807, 2.05) is 47.4 Å². The van der Waals surface area contributed by atoms with E-state index in [-0.39, 0.29) is 18.4 Å². The first kappa shape index (κ1) is 19.4. The number of anilines is 2. The van der Waals surface area contributed by atoms with Crippen LogP contribution in [0.3, 0.4) is 0 Å². The van der Waals surface area contributed by atoms with Gasteiger partial charge in [-0.05, 0) is 43.5 Å². The van der Waals surface area contributed by atoms with Crippen LogP contribution in [0.5, 0.6) is 0 Å². The monoisotopic (exact) mass is 415 g/mol. The molecule has 2 aromatic heterocycles. The molecule has 2 aliphatic rings. The molecule has 7 heteroatoms. The minimum Gasteiger partial charge on any atom is -0.355 e. The molecular formula is C24H25N5O2. The summed E-state index contributed by atoms with van der Waals surface area (Å²) in [6, 6.07) is 13.6. The number of carbonyl (C=O) groups excluding carboxylic acids is 2. The molecule has 4 heterocycles. The molecule has 1 fully saturated rings. The highest BCUT2D eigenvalue weighted by Gasteiger charge is 2.34. The van der Waals surface area contributed by atoms with Gasteiger partial charge < -0.3 is 20.1 Å². The van der Waals surface area contributed by atoms with Crippen molar-refractivity contribution >= 4 is 23.2 Å². The molecule has 2 amide bonds. The number of benzene rings is 1. The molecule has 0 spiro atoms. The molecule has 0 atom stereocenters. The third kappa shape index (κ3) is 3.79.